The highest BCUT2D eigenvalue weighted by atomic mass is 16.4. The van der Waals surface area contributed by atoms with Crippen LogP contribution < -0.4 is 0 Å². The topological polar surface area (TPSA) is 149 Å². The van der Waals surface area contributed by atoms with Crippen molar-refractivity contribution in [2.45, 2.75) is 64.2 Å². The molecule has 0 atom stereocenters. The fourth-order valence-electron chi connectivity index (χ4n) is 1.47. The Morgan fingerprint density at radius 3 is 0.864 bits per heavy atom. The van der Waals surface area contributed by atoms with Gasteiger partial charge in [0.25, 0.3) is 0 Å². The molecule has 128 valence electrons. The Bertz CT molecular complexity index is 317. The Morgan fingerprint density at radius 1 is 0.409 bits per heavy atom. The van der Waals surface area contributed by atoms with Gasteiger partial charge in [0, 0.05) is 12.8 Å². The molecular weight excluding hydrogens is 296 g/mol. The molecule has 0 aliphatic heterocycles. The van der Waals surface area contributed by atoms with Crippen molar-refractivity contribution in [2.24, 2.45) is 0 Å². The van der Waals surface area contributed by atoms with Crippen LogP contribution >= 0.6 is 0 Å². The summed E-state index contributed by atoms with van der Waals surface area (Å²) in [4.78, 5) is 39.6. The lowest BCUT2D eigenvalue weighted by Gasteiger charge is -1.98. The van der Waals surface area contributed by atoms with Crippen LogP contribution in [0.4, 0.5) is 0 Å². The van der Waals surface area contributed by atoms with Crippen LogP contribution in [0.5, 0.6) is 0 Å². The van der Waals surface area contributed by atoms with Crippen molar-refractivity contribution in [1.29, 1.82) is 0 Å². The minimum Gasteiger partial charge on any atom is -0.481 e. The normalized spacial score (nSPS) is 9.45. The fourth-order valence-corrected chi connectivity index (χ4v) is 1.47. The number of carboxylic acid groups (broad SMARTS) is 4. The van der Waals surface area contributed by atoms with Gasteiger partial charge < -0.3 is 20.4 Å². The fraction of sp³-hybridized carbons (Fsp3) is 0.714. The van der Waals surface area contributed by atoms with Gasteiger partial charge in [0.2, 0.25) is 0 Å². The summed E-state index contributed by atoms with van der Waals surface area (Å²) in [6.07, 6.45) is 5.23. The van der Waals surface area contributed by atoms with E-state index in [-0.39, 0.29) is 25.7 Å². The van der Waals surface area contributed by atoms with Gasteiger partial charge in [-0.25, -0.2) is 0 Å². The van der Waals surface area contributed by atoms with Crippen molar-refractivity contribution in [3.63, 3.8) is 0 Å². The van der Waals surface area contributed by atoms with E-state index in [1.807, 2.05) is 0 Å². The molecule has 0 saturated carbocycles. The van der Waals surface area contributed by atoms with Crippen LogP contribution in [0.25, 0.3) is 0 Å². The number of aliphatic carboxylic acids is 4. The summed E-state index contributed by atoms with van der Waals surface area (Å²) in [5.41, 5.74) is 0. The lowest BCUT2D eigenvalue weighted by Crippen LogP contribution is -2.00. The van der Waals surface area contributed by atoms with Gasteiger partial charge in [-0.1, -0.05) is 25.7 Å². The minimum atomic E-state index is -1.08. The van der Waals surface area contributed by atoms with Crippen LogP contribution in [-0.4, -0.2) is 44.3 Å². The molecule has 8 nitrogen and oxygen atoms in total. The lowest BCUT2D eigenvalue weighted by atomic mass is 10.1. The van der Waals surface area contributed by atoms with Crippen LogP contribution in [-0.2, 0) is 19.2 Å². The van der Waals surface area contributed by atoms with E-state index in [1.54, 1.807) is 0 Å². The molecule has 0 rings (SSSR count). The average Bonchev–Trinajstić information content (AvgIpc) is 2.39. The third kappa shape index (κ3) is 26.4. The first-order valence-corrected chi connectivity index (χ1v) is 7.13. The first-order valence-electron chi connectivity index (χ1n) is 7.13. The monoisotopic (exact) mass is 320 g/mol. The number of hydrogen-bond acceptors (Lipinski definition) is 4. The number of hydrogen-bond donors (Lipinski definition) is 4. The maximum absolute atomic E-state index is 10.1. The zero-order valence-corrected chi connectivity index (χ0v) is 12.5. The van der Waals surface area contributed by atoms with E-state index in [0.29, 0.717) is 0 Å². The molecule has 0 amide bonds. The summed E-state index contributed by atoms with van der Waals surface area (Å²) >= 11 is 0. The molecule has 0 saturated heterocycles. The predicted octanol–water partition coefficient (Wildman–Crippen LogP) is 2.21. The van der Waals surface area contributed by atoms with Crippen molar-refractivity contribution < 1.29 is 39.6 Å². The Morgan fingerprint density at radius 2 is 0.636 bits per heavy atom. The standard InChI is InChI=1S/C10H18O4.C4H6O4/c11-9(12)7-5-3-1-2-4-6-8-10(13)14;5-3(6)1-2-4(7)8/h1-8H2,(H,11,12)(H,13,14);1-2H2,(H,5,6)(H,7,8). The van der Waals surface area contributed by atoms with Gasteiger partial charge in [-0.15, -0.1) is 0 Å². The molecular formula is C14H24O8. The maximum atomic E-state index is 10.1. The van der Waals surface area contributed by atoms with Crippen molar-refractivity contribution in [3.8, 4) is 0 Å². The van der Waals surface area contributed by atoms with E-state index in [2.05, 4.69) is 0 Å². The van der Waals surface area contributed by atoms with Crippen LogP contribution in [0.15, 0.2) is 0 Å². The predicted molar refractivity (Wildman–Crippen MR) is 76.7 cm³/mol. The maximum Gasteiger partial charge on any atom is 0.303 e. The number of rotatable bonds is 12. The van der Waals surface area contributed by atoms with E-state index < -0.39 is 23.9 Å². The molecule has 0 fully saturated rings. The van der Waals surface area contributed by atoms with Crippen LogP contribution in [0.1, 0.15) is 64.2 Å². The third-order valence-corrected chi connectivity index (χ3v) is 2.58. The van der Waals surface area contributed by atoms with Gasteiger partial charge in [0.05, 0.1) is 12.8 Å². The molecule has 22 heavy (non-hydrogen) atoms. The SMILES string of the molecule is O=C(O)CCC(=O)O.O=C(O)CCCCCCCCC(=O)O. The third-order valence-electron chi connectivity index (χ3n) is 2.58. The van der Waals surface area contributed by atoms with Gasteiger partial charge in [0.1, 0.15) is 0 Å². The highest BCUT2D eigenvalue weighted by Crippen LogP contribution is 2.08. The molecule has 8 heteroatoms. The summed E-state index contributed by atoms with van der Waals surface area (Å²) in [5, 5.41) is 32.5. The Labute approximate surface area is 128 Å². The van der Waals surface area contributed by atoms with E-state index in [1.165, 1.54) is 0 Å². The largest absolute Gasteiger partial charge is 0.481 e. The molecule has 0 spiro atoms. The van der Waals surface area contributed by atoms with Crippen molar-refractivity contribution >= 4 is 23.9 Å². The molecule has 0 aromatic carbocycles. The van der Waals surface area contributed by atoms with Crippen LogP contribution in [0.2, 0.25) is 0 Å². The molecule has 0 unspecified atom stereocenters. The molecule has 4 N–H and O–H groups in total. The van der Waals surface area contributed by atoms with Crippen molar-refractivity contribution in [1.82, 2.24) is 0 Å². The average molecular weight is 320 g/mol. The van der Waals surface area contributed by atoms with Gasteiger partial charge in [0.15, 0.2) is 0 Å². The lowest BCUT2D eigenvalue weighted by molar-refractivity contribution is -0.143. The van der Waals surface area contributed by atoms with E-state index in [9.17, 15) is 19.2 Å². The Kier molecular flexibility index (Phi) is 15.4. The van der Waals surface area contributed by atoms with E-state index >= 15 is 0 Å². The smallest absolute Gasteiger partial charge is 0.303 e. The van der Waals surface area contributed by atoms with Gasteiger partial charge in [-0.3, -0.25) is 19.2 Å². The Hall–Kier alpha value is -2.12. The van der Waals surface area contributed by atoms with E-state index in [0.717, 1.165) is 38.5 Å². The molecule has 0 aromatic rings. The summed E-state index contributed by atoms with van der Waals surface area (Å²) in [7, 11) is 0. The van der Waals surface area contributed by atoms with Crippen molar-refractivity contribution in [2.75, 3.05) is 0 Å². The Balaban J connectivity index is 0. The van der Waals surface area contributed by atoms with Gasteiger partial charge in [-0.2, -0.15) is 0 Å². The van der Waals surface area contributed by atoms with Gasteiger partial charge >= 0.3 is 23.9 Å². The van der Waals surface area contributed by atoms with Gasteiger partial charge in [-0.05, 0) is 12.8 Å². The summed E-state index contributed by atoms with van der Waals surface area (Å²) in [6, 6.07) is 0. The molecule has 0 bridgehead atoms. The zero-order valence-electron chi connectivity index (χ0n) is 12.5. The number of carboxylic acids is 4. The first kappa shape index (κ1) is 22.2. The summed E-state index contributed by atoms with van der Waals surface area (Å²) in [5.74, 6) is -3.63. The highest BCUT2D eigenvalue weighted by Gasteiger charge is 2.00. The molecule has 0 radical (unpaired) electrons. The van der Waals surface area contributed by atoms with E-state index in [4.69, 9.17) is 20.4 Å². The first-order chi connectivity index (χ1) is 10.3. The molecule has 0 aromatic heterocycles. The number of carbonyl (C=O) groups is 4. The quantitative estimate of drug-likeness (QED) is 0.400. The molecule has 0 aliphatic rings. The second-order valence-corrected chi connectivity index (χ2v) is 4.70. The molecule has 0 aliphatic carbocycles. The highest BCUT2D eigenvalue weighted by molar-refractivity contribution is 5.75. The van der Waals surface area contributed by atoms with Crippen molar-refractivity contribution in [3.05, 3.63) is 0 Å². The zero-order chi connectivity index (χ0) is 17.4. The molecule has 0 heterocycles. The second kappa shape index (κ2) is 15.3. The van der Waals surface area contributed by atoms with Crippen LogP contribution in [0, 0.1) is 0 Å². The summed E-state index contributed by atoms with van der Waals surface area (Å²) < 4.78 is 0. The van der Waals surface area contributed by atoms with Crippen LogP contribution in [0.3, 0.4) is 0 Å². The number of unbranched alkanes of at least 4 members (excludes halogenated alkanes) is 5. The second-order valence-electron chi connectivity index (χ2n) is 4.70. The minimum absolute atomic E-state index is 0.245. The summed E-state index contributed by atoms with van der Waals surface area (Å²) in [6.45, 7) is 0.